The minimum atomic E-state index is -0.305. The monoisotopic (exact) mass is 258 g/mol. The number of carbonyl (C=O) groups is 1. The third-order valence-electron chi connectivity index (χ3n) is 2.63. The number of hydrogen-bond donors (Lipinski definition) is 1. The third-order valence-corrected chi connectivity index (χ3v) is 2.63. The van der Waals surface area contributed by atoms with Crippen molar-refractivity contribution in [3.63, 3.8) is 0 Å². The highest BCUT2D eigenvalue weighted by Crippen LogP contribution is 1.97. The minimum absolute atomic E-state index is 0.220. The van der Waals surface area contributed by atoms with E-state index in [-0.39, 0.29) is 18.0 Å². The highest BCUT2D eigenvalue weighted by atomic mass is 16.2. The van der Waals surface area contributed by atoms with Crippen molar-refractivity contribution in [2.45, 2.75) is 13.5 Å². The molecule has 0 aliphatic heterocycles. The van der Waals surface area contributed by atoms with Gasteiger partial charge < -0.3 is 9.88 Å². The van der Waals surface area contributed by atoms with E-state index in [0.717, 1.165) is 5.69 Å². The van der Waals surface area contributed by atoms with Crippen LogP contribution in [0.3, 0.4) is 0 Å². The van der Waals surface area contributed by atoms with E-state index >= 15 is 0 Å². The first-order chi connectivity index (χ1) is 9.06. The molecule has 2 rings (SSSR count). The first kappa shape index (κ1) is 12.9. The maximum Gasteiger partial charge on any atom is 0.251 e. The van der Waals surface area contributed by atoms with E-state index in [0.29, 0.717) is 11.3 Å². The first-order valence-corrected chi connectivity index (χ1v) is 5.78. The van der Waals surface area contributed by atoms with Gasteiger partial charge in [-0.3, -0.25) is 19.6 Å². The van der Waals surface area contributed by atoms with Gasteiger partial charge >= 0.3 is 0 Å². The summed E-state index contributed by atoms with van der Waals surface area (Å²) in [6, 6.07) is 2.90. The molecule has 0 spiro atoms. The Kier molecular flexibility index (Phi) is 3.70. The lowest BCUT2D eigenvalue weighted by Crippen LogP contribution is -2.26. The van der Waals surface area contributed by atoms with Crippen molar-refractivity contribution in [1.29, 1.82) is 0 Å². The van der Waals surface area contributed by atoms with E-state index in [2.05, 4.69) is 15.3 Å². The predicted molar refractivity (Wildman–Crippen MR) is 69.6 cm³/mol. The van der Waals surface area contributed by atoms with Crippen LogP contribution in [0.25, 0.3) is 0 Å². The van der Waals surface area contributed by atoms with Gasteiger partial charge in [0.05, 0.1) is 24.1 Å². The second-order valence-corrected chi connectivity index (χ2v) is 4.20. The van der Waals surface area contributed by atoms with E-state index in [4.69, 9.17) is 0 Å². The van der Waals surface area contributed by atoms with Crippen molar-refractivity contribution in [3.05, 3.63) is 58.0 Å². The number of rotatable bonds is 3. The van der Waals surface area contributed by atoms with Crippen LogP contribution in [0.15, 0.2) is 35.5 Å². The van der Waals surface area contributed by atoms with Crippen molar-refractivity contribution in [1.82, 2.24) is 19.9 Å². The lowest BCUT2D eigenvalue weighted by atomic mass is 10.2. The SMILES string of the molecule is Cc1cnc(CNC(=O)c2ccn(C)c(=O)c2)cn1. The smallest absolute Gasteiger partial charge is 0.251 e. The number of hydrogen-bond acceptors (Lipinski definition) is 4. The third kappa shape index (κ3) is 3.25. The number of carbonyl (C=O) groups excluding carboxylic acids is 1. The van der Waals surface area contributed by atoms with Crippen LogP contribution >= 0.6 is 0 Å². The molecule has 0 saturated heterocycles. The fourth-order valence-electron chi connectivity index (χ4n) is 1.47. The molecular weight excluding hydrogens is 244 g/mol. The zero-order valence-electron chi connectivity index (χ0n) is 10.8. The van der Waals surface area contributed by atoms with E-state index in [1.165, 1.54) is 10.6 Å². The van der Waals surface area contributed by atoms with Crippen LogP contribution in [0.2, 0.25) is 0 Å². The highest BCUT2D eigenvalue weighted by molar-refractivity contribution is 5.93. The standard InChI is InChI=1S/C13H14N4O2/c1-9-6-15-11(7-14-9)8-16-13(19)10-3-4-17(2)12(18)5-10/h3-7H,8H2,1-2H3,(H,16,19). The largest absolute Gasteiger partial charge is 0.346 e. The van der Waals surface area contributed by atoms with E-state index in [9.17, 15) is 9.59 Å². The number of aryl methyl sites for hydroxylation is 2. The molecule has 0 aliphatic rings. The fraction of sp³-hybridized carbons (Fsp3) is 0.231. The molecular formula is C13H14N4O2. The van der Waals surface area contributed by atoms with Crippen molar-refractivity contribution in [3.8, 4) is 0 Å². The Morgan fingerprint density at radius 3 is 2.79 bits per heavy atom. The molecule has 0 aromatic carbocycles. The second-order valence-electron chi connectivity index (χ2n) is 4.20. The van der Waals surface area contributed by atoms with Gasteiger partial charge in [-0.2, -0.15) is 0 Å². The average molecular weight is 258 g/mol. The van der Waals surface area contributed by atoms with Crippen LogP contribution in [0.5, 0.6) is 0 Å². The summed E-state index contributed by atoms with van der Waals surface area (Å²) in [6.45, 7) is 2.12. The summed E-state index contributed by atoms with van der Waals surface area (Å²) in [7, 11) is 1.63. The zero-order chi connectivity index (χ0) is 13.8. The molecule has 0 atom stereocenters. The van der Waals surface area contributed by atoms with E-state index in [1.807, 2.05) is 6.92 Å². The van der Waals surface area contributed by atoms with Gasteiger partial charge in [0.2, 0.25) is 0 Å². The van der Waals surface area contributed by atoms with Crippen LogP contribution in [-0.2, 0) is 13.6 Å². The summed E-state index contributed by atoms with van der Waals surface area (Å²) in [5.41, 5.74) is 1.61. The Balaban J connectivity index is 2.03. The summed E-state index contributed by atoms with van der Waals surface area (Å²) >= 11 is 0. The molecule has 19 heavy (non-hydrogen) atoms. The van der Waals surface area contributed by atoms with Crippen molar-refractivity contribution in [2.75, 3.05) is 0 Å². The number of pyridine rings is 1. The van der Waals surface area contributed by atoms with Gasteiger partial charge in [-0.25, -0.2) is 0 Å². The first-order valence-electron chi connectivity index (χ1n) is 5.78. The quantitative estimate of drug-likeness (QED) is 0.865. The van der Waals surface area contributed by atoms with Gasteiger partial charge in [-0.15, -0.1) is 0 Å². The Bertz CT molecular complexity index is 646. The summed E-state index contributed by atoms with van der Waals surface area (Å²) in [6.07, 6.45) is 4.81. The van der Waals surface area contributed by atoms with Gasteiger partial charge in [0.25, 0.3) is 11.5 Å². The lowest BCUT2D eigenvalue weighted by molar-refractivity contribution is 0.0950. The van der Waals surface area contributed by atoms with Crippen LogP contribution in [-0.4, -0.2) is 20.4 Å². The fourth-order valence-corrected chi connectivity index (χ4v) is 1.47. The molecule has 6 heteroatoms. The van der Waals surface area contributed by atoms with Crippen molar-refractivity contribution in [2.24, 2.45) is 7.05 Å². The number of amides is 1. The summed E-state index contributed by atoms with van der Waals surface area (Å²) in [4.78, 5) is 31.5. The van der Waals surface area contributed by atoms with Gasteiger partial charge in [-0.05, 0) is 13.0 Å². The van der Waals surface area contributed by atoms with E-state index in [1.54, 1.807) is 31.7 Å². The number of nitrogens with one attached hydrogen (secondary N) is 1. The van der Waals surface area contributed by atoms with Crippen LogP contribution < -0.4 is 10.9 Å². The summed E-state index contributed by atoms with van der Waals surface area (Å²) < 4.78 is 1.40. The Morgan fingerprint density at radius 2 is 2.16 bits per heavy atom. The normalized spacial score (nSPS) is 10.2. The molecule has 0 aliphatic carbocycles. The molecule has 0 fully saturated rings. The Labute approximate surface area is 110 Å². The van der Waals surface area contributed by atoms with Crippen LogP contribution in [0, 0.1) is 6.92 Å². The molecule has 1 amide bonds. The Morgan fingerprint density at radius 1 is 1.37 bits per heavy atom. The topological polar surface area (TPSA) is 76.9 Å². The minimum Gasteiger partial charge on any atom is -0.346 e. The lowest BCUT2D eigenvalue weighted by Gasteiger charge is -2.05. The summed E-state index contributed by atoms with van der Waals surface area (Å²) in [5, 5.41) is 2.69. The molecule has 0 saturated carbocycles. The second kappa shape index (κ2) is 5.43. The molecule has 6 nitrogen and oxygen atoms in total. The molecule has 2 aromatic heterocycles. The molecule has 0 unspecified atom stereocenters. The predicted octanol–water partition coefficient (Wildman–Crippen LogP) is 0.414. The molecule has 2 aromatic rings. The van der Waals surface area contributed by atoms with Crippen molar-refractivity contribution >= 4 is 5.91 Å². The van der Waals surface area contributed by atoms with E-state index < -0.39 is 0 Å². The van der Waals surface area contributed by atoms with Crippen LogP contribution in [0.1, 0.15) is 21.7 Å². The number of nitrogens with zero attached hydrogens (tertiary/aromatic N) is 3. The molecule has 2 heterocycles. The molecule has 0 bridgehead atoms. The van der Waals surface area contributed by atoms with Gasteiger partial charge in [0, 0.05) is 31.1 Å². The highest BCUT2D eigenvalue weighted by Gasteiger charge is 2.06. The zero-order valence-corrected chi connectivity index (χ0v) is 10.8. The molecule has 1 N–H and O–H groups in total. The van der Waals surface area contributed by atoms with Crippen molar-refractivity contribution < 1.29 is 4.79 Å². The summed E-state index contributed by atoms with van der Waals surface area (Å²) in [5.74, 6) is -0.305. The molecule has 0 radical (unpaired) electrons. The van der Waals surface area contributed by atoms with Gasteiger partial charge in [0.1, 0.15) is 0 Å². The number of aromatic nitrogens is 3. The average Bonchev–Trinajstić information content (AvgIpc) is 2.41. The Hall–Kier alpha value is -2.50. The molecule has 98 valence electrons. The van der Waals surface area contributed by atoms with Gasteiger partial charge in [0.15, 0.2) is 0 Å². The maximum atomic E-state index is 11.8. The van der Waals surface area contributed by atoms with Gasteiger partial charge in [-0.1, -0.05) is 0 Å². The van der Waals surface area contributed by atoms with Crippen LogP contribution in [0.4, 0.5) is 0 Å². The maximum absolute atomic E-state index is 11.8.